The van der Waals surface area contributed by atoms with Gasteiger partial charge in [0.05, 0.1) is 6.61 Å². The Labute approximate surface area is 185 Å². The van der Waals surface area contributed by atoms with Crippen molar-refractivity contribution in [3.8, 4) is 11.5 Å². The molecule has 3 aromatic carbocycles. The fourth-order valence-corrected chi connectivity index (χ4v) is 3.71. The van der Waals surface area contributed by atoms with Gasteiger partial charge >= 0.3 is 0 Å². The van der Waals surface area contributed by atoms with Crippen LogP contribution in [-0.2, 0) is 24.4 Å². The number of hydrogen-bond acceptors (Lipinski definition) is 4. The molecule has 4 rings (SSSR count). The zero-order valence-corrected chi connectivity index (χ0v) is 18.0. The number of benzene rings is 3. The molecule has 3 aromatic rings. The van der Waals surface area contributed by atoms with Gasteiger partial charge in [0.1, 0.15) is 24.2 Å². The second-order valence-corrected chi connectivity index (χ2v) is 7.92. The molecule has 4 nitrogen and oxygen atoms in total. The molecule has 0 bridgehead atoms. The maximum Gasteiger partial charge on any atom is 0.126 e. The van der Waals surface area contributed by atoms with E-state index in [1.54, 1.807) is 0 Å². The van der Waals surface area contributed by atoms with Crippen LogP contribution in [0.3, 0.4) is 0 Å². The molecule has 0 amide bonds. The molecule has 1 aliphatic rings. The van der Waals surface area contributed by atoms with Crippen LogP contribution in [0, 0.1) is 0 Å². The van der Waals surface area contributed by atoms with Crippen LogP contribution < -0.4 is 14.8 Å². The van der Waals surface area contributed by atoms with Crippen molar-refractivity contribution >= 4 is 0 Å². The van der Waals surface area contributed by atoms with Crippen LogP contribution in [0.2, 0.25) is 0 Å². The average molecular weight is 418 g/mol. The Kier molecular flexibility index (Phi) is 7.97. The van der Waals surface area contributed by atoms with Crippen LogP contribution in [0.15, 0.2) is 78.9 Å². The van der Waals surface area contributed by atoms with E-state index >= 15 is 0 Å². The molecule has 0 aromatic heterocycles. The first-order valence-corrected chi connectivity index (χ1v) is 11.2. The minimum atomic E-state index is 0.196. The SMILES string of the molecule is c1ccc(COCCCNCC2CCc3ccc(OCc4ccccc4)cc3O2)cc1. The summed E-state index contributed by atoms with van der Waals surface area (Å²) in [6, 6.07) is 26.7. The fraction of sp³-hybridized carbons (Fsp3) is 0.333. The Morgan fingerprint density at radius 1 is 0.871 bits per heavy atom. The number of aryl methyl sites for hydroxylation is 1. The van der Waals surface area contributed by atoms with Crippen LogP contribution in [0.25, 0.3) is 0 Å². The second-order valence-electron chi connectivity index (χ2n) is 7.92. The molecule has 0 saturated heterocycles. The molecule has 1 atom stereocenters. The summed E-state index contributed by atoms with van der Waals surface area (Å²) in [5.41, 5.74) is 3.64. The van der Waals surface area contributed by atoms with Crippen molar-refractivity contribution in [1.82, 2.24) is 5.32 Å². The molecule has 1 heterocycles. The molecule has 0 spiro atoms. The van der Waals surface area contributed by atoms with Gasteiger partial charge in [0.15, 0.2) is 0 Å². The largest absolute Gasteiger partial charge is 0.489 e. The van der Waals surface area contributed by atoms with Crippen molar-refractivity contribution in [2.75, 3.05) is 19.7 Å². The summed E-state index contributed by atoms with van der Waals surface area (Å²) in [5, 5.41) is 3.51. The van der Waals surface area contributed by atoms with Crippen LogP contribution in [-0.4, -0.2) is 25.8 Å². The Morgan fingerprint density at radius 3 is 2.39 bits per heavy atom. The average Bonchev–Trinajstić information content (AvgIpc) is 2.83. The summed E-state index contributed by atoms with van der Waals surface area (Å²) in [6.07, 6.45) is 3.27. The maximum atomic E-state index is 6.24. The van der Waals surface area contributed by atoms with Gasteiger partial charge in [-0.25, -0.2) is 0 Å². The highest BCUT2D eigenvalue weighted by atomic mass is 16.5. The van der Waals surface area contributed by atoms with Gasteiger partial charge in [0, 0.05) is 19.2 Å². The third kappa shape index (κ3) is 6.84. The maximum absolute atomic E-state index is 6.24. The van der Waals surface area contributed by atoms with E-state index in [0.717, 1.165) is 56.0 Å². The first kappa shape index (κ1) is 21.4. The summed E-state index contributed by atoms with van der Waals surface area (Å²) in [6.45, 7) is 3.79. The minimum Gasteiger partial charge on any atom is -0.489 e. The van der Waals surface area contributed by atoms with Gasteiger partial charge in [-0.2, -0.15) is 0 Å². The smallest absolute Gasteiger partial charge is 0.126 e. The van der Waals surface area contributed by atoms with Gasteiger partial charge in [-0.3, -0.25) is 0 Å². The molecule has 0 fully saturated rings. The third-order valence-electron chi connectivity index (χ3n) is 5.44. The Hall–Kier alpha value is -2.82. The predicted molar refractivity (Wildman–Crippen MR) is 124 cm³/mol. The van der Waals surface area contributed by atoms with Crippen molar-refractivity contribution in [3.05, 3.63) is 95.6 Å². The van der Waals surface area contributed by atoms with E-state index in [9.17, 15) is 0 Å². The van der Waals surface area contributed by atoms with Crippen LogP contribution in [0.4, 0.5) is 0 Å². The van der Waals surface area contributed by atoms with Crippen molar-refractivity contribution < 1.29 is 14.2 Å². The summed E-state index contributed by atoms with van der Waals surface area (Å²) in [4.78, 5) is 0. The van der Waals surface area contributed by atoms with Crippen LogP contribution in [0.1, 0.15) is 29.5 Å². The highest BCUT2D eigenvalue weighted by Gasteiger charge is 2.20. The van der Waals surface area contributed by atoms with Gasteiger partial charge in [-0.05, 0) is 48.6 Å². The lowest BCUT2D eigenvalue weighted by molar-refractivity contribution is 0.116. The van der Waals surface area contributed by atoms with Crippen molar-refractivity contribution in [3.63, 3.8) is 0 Å². The monoisotopic (exact) mass is 417 g/mol. The zero-order valence-electron chi connectivity index (χ0n) is 18.0. The quantitative estimate of drug-likeness (QED) is 0.438. The minimum absolute atomic E-state index is 0.196. The predicted octanol–water partition coefficient (Wildman–Crippen LogP) is 5.16. The first-order valence-electron chi connectivity index (χ1n) is 11.2. The van der Waals surface area contributed by atoms with E-state index in [4.69, 9.17) is 14.2 Å². The van der Waals surface area contributed by atoms with Gasteiger partial charge in [-0.15, -0.1) is 0 Å². The summed E-state index contributed by atoms with van der Waals surface area (Å²) in [5.74, 6) is 1.81. The Balaban J connectivity index is 1.14. The van der Waals surface area contributed by atoms with Crippen molar-refractivity contribution in [1.29, 1.82) is 0 Å². The van der Waals surface area contributed by atoms with E-state index < -0.39 is 0 Å². The lowest BCUT2D eigenvalue weighted by atomic mass is 10.0. The van der Waals surface area contributed by atoms with E-state index in [1.165, 1.54) is 11.1 Å². The van der Waals surface area contributed by atoms with Crippen molar-refractivity contribution in [2.24, 2.45) is 0 Å². The molecule has 0 radical (unpaired) electrons. The molecule has 1 aliphatic heterocycles. The van der Waals surface area contributed by atoms with Gasteiger partial charge in [0.2, 0.25) is 0 Å². The Morgan fingerprint density at radius 2 is 1.61 bits per heavy atom. The molecule has 1 unspecified atom stereocenters. The molecule has 162 valence electrons. The number of fused-ring (bicyclic) bond motifs is 1. The number of ether oxygens (including phenoxy) is 3. The number of rotatable bonds is 11. The number of nitrogens with one attached hydrogen (secondary N) is 1. The Bertz CT molecular complexity index is 914. The van der Waals surface area contributed by atoms with Crippen LogP contribution in [0.5, 0.6) is 11.5 Å². The normalized spacial score (nSPS) is 15.2. The topological polar surface area (TPSA) is 39.7 Å². The summed E-state index contributed by atoms with van der Waals surface area (Å²) in [7, 11) is 0. The van der Waals surface area contributed by atoms with Crippen molar-refractivity contribution in [2.45, 2.75) is 38.6 Å². The molecule has 0 saturated carbocycles. The molecule has 4 heteroatoms. The molecular weight excluding hydrogens is 386 g/mol. The molecule has 1 N–H and O–H groups in total. The zero-order chi connectivity index (χ0) is 21.1. The second kappa shape index (κ2) is 11.5. The fourth-order valence-electron chi connectivity index (χ4n) is 3.71. The summed E-state index contributed by atoms with van der Waals surface area (Å²) >= 11 is 0. The molecule has 31 heavy (non-hydrogen) atoms. The van der Waals surface area contributed by atoms with Gasteiger partial charge in [-0.1, -0.05) is 66.7 Å². The van der Waals surface area contributed by atoms with Crippen LogP contribution >= 0.6 is 0 Å². The first-order chi connectivity index (χ1) is 15.4. The van der Waals surface area contributed by atoms with Gasteiger partial charge < -0.3 is 19.5 Å². The highest BCUT2D eigenvalue weighted by molar-refractivity contribution is 5.42. The highest BCUT2D eigenvalue weighted by Crippen LogP contribution is 2.31. The lowest BCUT2D eigenvalue weighted by Gasteiger charge is -2.27. The van der Waals surface area contributed by atoms with E-state index in [-0.39, 0.29) is 6.10 Å². The summed E-state index contributed by atoms with van der Waals surface area (Å²) < 4.78 is 17.9. The standard InChI is InChI=1S/C27H31NO3/c1-3-8-22(9-4-1)20-29-17-7-16-28-19-26-15-13-24-12-14-25(18-27(24)31-26)30-21-23-10-5-2-6-11-23/h1-6,8-12,14,18,26,28H,7,13,15-17,19-21H2. The number of hydrogen-bond donors (Lipinski definition) is 1. The molecular formula is C27H31NO3. The third-order valence-corrected chi connectivity index (χ3v) is 5.44. The van der Waals surface area contributed by atoms with E-state index in [0.29, 0.717) is 13.2 Å². The van der Waals surface area contributed by atoms with E-state index in [1.807, 2.05) is 48.5 Å². The van der Waals surface area contributed by atoms with E-state index in [2.05, 4.69) is 35.6 Å². The molecule has 0 aliphatic carbocycles. The van der Waals surface area contributed by atoms with Gasteiger partial charge in [0.25, 0.3) is 0 Å². The lowest BCUT2D eigenvalue weighted by Crippen LogP contribution is -2.34.